The highest BCUT2D eigenvalue weighted by molar-refractivity contribution is 5.94. The predicted octanol–water partition coefficient (Wildman–Crippen LogP) is 1.60. The molecule has 2 aliphatic heterocycles. The van der Waals surface area contributed by atoms with E-state index in [2.05, 4.69) is 25.7 Å². The summed E-state index contributed by atoms with van der Waals surface area (Å²) >= 11 is 0. The summed E-state index contributed by atoms with van der Waals surface area (Å²) in [5.41, 5.74) is 1.68. The molecule has 7 nitrogen and oxygen atoms in total. The first kappa shape index (κ1) is 16.8. The van der Waals surface area contributed by atoms with E-state index in [0.717, 1.165) is 42.5 Å². The first-order chi connectivity index (χ1) is 12.7. The van der Waals surface area contributed by atoms with Crippen LogP contribution in [0.15, 0.2) is 36.4 Å². The van der Waals surface area contributed by atoms with E-state index in [1.165, 1.54) is 0 Å². The monoisotopic (exact) mass is 353 g/mol. The van der Waals surface area contributed by atoms with E-state index in [-0.39, 0.29) is 17.9 Å². The standard InChI is InChI=1S/C19H23N5O2/c1-13-2-7-18(23-22-13)24-11-14(12-24)19(25)21-15-3-5-16(6-4-15)26-17-8-9-20-10-17/h2-7,14,17,20H,8-12H2,1H3,(H,21,25). The van der Waals surface area contributed by atoms with Crippen LogP contribution in [0.2, 0.25) is 0 Å². The maximum atomic E-state index is 12.4. The van der Waals surface area contributed by atoms with E-state index < -0.39 is 0 Å². The molecule has 2 aromatic rings. The first-order valence-electron chi connectivity index (χ1n) is 9.01. The minimum atomic E-state index is -0.0291. The van der Waals surface area contributed by atoms with E-state index >= 15 is 0 Å². The third kappa shape index (κ3) is 3.77. The number of nitrogens with one attached hydrogen (secondary N) is 2. The molecule has 0 spiro atoms. The Morgan fingerprint density at radius 2 is 2.00 bits per heavy atom. The minimum absolute atomic E-state index is 0.0291. The van der Waals surface area contributed by atoms with Crippen molar-refractivity contribution in [3.63, 3.8) is 0 Å². The Morgan fingerprint density at radius 1 is 1.19 bits per heavy atom. The van der Waals surface area contributed by atoms with Gasteiger partial charge in [0.25, 0.3) is 0 Å². The van der Waals surface area contributed by atoms with Crippen LogP contribution in [0.25, 0.3) is 0 Å². The number of nitrogens with zero attached hydrogens (tertiary/aromatic N) is 3. The summed E-state index contributed by atoms with van der Waals surface area (Å²) in [7, 11) is 0. The Labute approximate surface area is 152 Å². The van der Waals surface area contributed by atoms with E-state index in [4.69, 9.17) is 4.74 Å². The fourth-order valence-electron chi connectivity index (χ4n) is 3.17. The molecular formula is C19H23N5O2. The van der Waals surface area contributed by atoms with Crippen molar-refractivity contribution in [3.05, 3.63) is 42.1 Å². The van der Waals surface area contributed by atoms with Crippen molar-refractivity contribution in [1.29, 1.82) is 0 Å². The average Bonchev–Trinajstić information content (AvgIpc) is 3.10. The number of carbonyl (C=O) groups excluding carboxylic acids is 1. The smallest absolute Gasteiger partial charge is 0.231 e. The molecule has 1 atom stereocenters. The molecule has 1 unspecified atom stereocenters. The van der Waals surface area contributed by atoms with Crippen molar-refractivity contribution in [1.82, 2.24) is 15.5 Å². The molecule has 7 heteroatoms. The lowest BCUT2D eigenvalue weighted by atomic mass is 9.99. The number of ether oxygens (including phenoxy) is 1. The zero-order chi connectivity index (χ0) is 17.9. The molecule has 0 radical (unpaired) electrons. The van der Waals surface area contributed by atoms with Crippen LogP contribution in [0, 0.1) is 12.8 Å². The lowest BCUT2D eigenvalue weighted by molar-refractivity contribution is -0.120. The number of hydrogen-bond acceptors (Lipinski definition) is 6. The Balaban J connectivity index is 1.26. The summed E-state index contributed by atoms with van der Waals surface area (Å²) in [5, 5.41) is 14.5. The maximum absolute atomic E-state index is 12.4. The molecule has 1 aromatic heterocycles. The lowest BCUT2D eigenvalue weighted by Crippen LogP contribution is -2.52. The van der Waals surface area contributed by atoms with Crippen molar-refractivity contribution in [2.75, 3.05) is 36.4 Å². The highest BCUT2D eigenvalue weighted by Gasteiger charge is 2.33. The molecule has 2 N–H and O–H groups in total. The van der Waals surface area contributed by atoms with Crippen molar-refractivity contribution in [2.45, 2.75) is 19.4 Å². The second kappa shape index (κ2) is 7.29. The third-order valence-electron chi connectivity index (χ3n) is 4.80. The molecule has 4 rings (SSSR count). The van der Waals surface area contributed by atoms with E-state index in [0.29, 0.717) is 13.1 Å². The third-order valence-corrected chi connectivity index (χ3v) is 4.80. The van der Waals surface area contributed by atoms with Gasteiger partial charge in [0.2, 0.25) is 5.91 Å². The topological polar surface area (TPSA) is 79.4 Å². The van der Waals surface area contributed by atoms with Crippen LogP contribution in [-0.2, 0) is 4.79 Å². The number of aryl methyl sites for hydroxylation is 1. The second-order valence-electron chi connectivity index (χ2n) is 6.88. The van der Waals surface area contributed by atoms with Gasteiger partial charge in [0.15, 0.2) is 5.82 Å². The molecule has 2 fully saturated rings. The number of hydrogen-bond donors (Lipinski definition) is 2. The largest absolute Gasteiger partial charge is 0.489 e. The lowest BCUT2D eigenvalue weighted by Gasteiger charge is -2.38. The highest BCUT2D eigenvalue weighted by atomic mass is 16.5. The molecule has 26 heavy (non-hydrogen) atoms. The summed E-state index contributed by atoms with van der Waals surface area (Å²) in [6.45, 7) is 5.14. The second-order valence-corrected chi connectivity index (χ2v) is 6.88. The molecule has 2 aliphatic rings. The molecule has 0 bridgehead atoms. The average molecular weight is 353 g/mol. The molecule has 0 saturated carbocycles. The number of carbonyl (C=O) groups is 1. The number of anilines is 2. The van der Waals surface area contributed by atoms with Crippen LogP contribution >= 0.6 is 0 Å². The van der Waals surface area contributed by atoms with Crippen molar-refractivity contribution >= 4 is 17.4 Å². The molecular weight excluding hydrogens is 330 g/mol. The Morgan fingerprint density at radius 3 is 2.65 bits per heavy atom. The van der Waals surface area contributed by atoms with E-state index in [1.54, 1.807) is 0 Å². The van der Waals surface area contributed by atoms with E-state index in [1.807, 2.05) is 43.3 Å². The van der Waals surface area contributed by atoms with Crippen molar-refractivity contribution < 1.29 is 9.53 Å². The molecule has 136 valence electrons. The molecule has 2 saturated heterocycles. The van der Waals surface area contributed by atoms with Gasteiger partial charge in [-0.2, -0.15) is 5.10 Å². The van der Waals surface area contributed by atoms with Crippen molar-refractivity contribution in [2.24, 2.45) is 5.92 Å². The molecule has 1 amide bonds. The number of benzene rings is 1. The number of amides is 1. The Hall–Kier alpha value is -2.67. The highest BCUT2D eigenvalue weighted by Crippen LogP contribution is 2.24. The number of aromatic nitrogens is 2. The van der Waals surface area contributed by atoms with E-state index in [9.17, 15) is 4.79 Å². The van der Waals surface area contributed by atoms with Gasteiger partial charge in [0.1, 0.15) is 11.9 Å². The predicted molar refractivity (Wildman–Crippen MR) is 99.4 cm³/mol. The van der Waals surface area contributed by atoms with Crippen LogP contribution in [0.4, 0.5) is 11.5 Å². The van der Waals surface area contributed by atoms with Crippen LogP contribution in [0.3, 0.4) is 0 Å². The fourth-order valence-corrected chi connectivity index (χ4v) is 3.17. The molecule has 3 heterocycles. The summed E-state index contributed by atoms with van der Waals surface area (Å²) in [4.78, 5) is 14.4. The Kier molecular flexibility index (Phi) is 4.71. The summed E-state index contributed by atoms with van der Waals surface area (Å²) in [5.74, 6) is 1.67. The molecule has 0 aliphatic carbocycles. The van der Waals surface area contributed by atoms with Gasteiger partial charge in [-0.25, -0.2) is 0 Å². The van der Waals surface area contributed by atoms with Gasteiger partial charge in [0, 0.05) is 25.3 Å². The molecule has 1 aromatic carbocycles. The quantitative estimate of drug-likeness (QED) is 0.850. The fraction of sp³-hybridized carbons (Fsp3) is 0.421. The van der Waals surface area contributed by atoms with Crippen molar-refractivity contribution in [3.8, 4) is 5.75 Å². The Bertz CT molecular complexity index is 751. The normalized spacial score (nSPS) is 19.9. The van der Waals surface area contributed by atoms with Gasteiger partial charge >= 0.3 is 0 Å². The summed E-state index contributed by atoms with van der Waals surface area (Å²) < 4.78 is 5.89. The van der Waals surface area contributed by atoms with Gasteiger partial charge in [-0.05, 0) is 56.3 Å². The van der Waals surface area contributed by atoms with Gasteiger partial charge in [-0.1, -0.05) is 0 Å². The zero-order valence-electron chi connectivity index (χ0n) is 14.8. The maximum Gasteiger partial charge on any atom is 0.231 e. The van der Waals surface area contributed by atoms with Crippen LogP contribution < -0.4 is 20.3 Å². The van der Waals surface area contributed by atoms with Gasteiger partial charge in [-0.3, -0.25) is 4.79 Å². The van der Waals surface area contributed by atoms with Gasteiger partial charge in [-0.15, -0.1) is 5.10 Å². The van der Waals surface area contributed by atoms with Crippen LogP contribution in [0.1, 0.15) is 12.1 Å². The zero-order valence-corrected chi connectivity index (χ0v) is 14.8. The van der Waals surface area contributed by atoms with Gasteiger partial charge < -0.3 is 20.3 Å². The summed E-state index contributed by atoms with van der Waals surface area (Å²) in [6, 6.07) is 11.5. The van der Waals surface area contributed by atoms with Crippen LogP contribution in [0.5, 0.6) is 5.75 Å². The SMILES string of the molecule is Cc1ccc(N2CC(C(=O)Nc3ccc(OC4CCNC4)cc3)C2)nn1. The summed E-state index contributed by atoms with van der Waals surface area (Å²) in [6.07, 6.45) is 1.27. The minimum Gasteiger partial charge on any atom is -0.489 e. The number of rotatable bonds is 5. The van der Waals surface area contributed by atoms with Crippen LogP contribution in [-0.4, -0.2) is 48.4 Å². The van der Waals surface area contributed by atoms with Gasteiger partial charge in [0.05, 0.1) is 11.6 Å². The first-order valence-corrected chi connectivity index (χ1v) is 9.01.